The molecule has 6 atom stereocenters. The molecule has 8 heterocycles. The molecule has 6 aliphatic heterocycles. The second-order valence-corrected chi connectivity index (χ2v) is 21.8. The summed E-state index contributed by atoms with van der Waals surface area (Å²) in [5.41, 5.74) is 5.81. The van der Waals surface area contributed by atoms with Crippen molar-refractivity contribution in [3.8, 4) is 0 Å². The van der Waals surface area contributed by atoms with Crippen molar-refractivity contribution >= 4 is 120 Å². The first-order valence-electron chi connectivity index (χ1n) is 21.7. The van der Waals surface area contributed by atoms with Crippen LogP contribution in [0, 0.1) is 0 Å². The third kappa shape index (κ3) is 15.3. The van der Waals surface area contributed by atoms with E-state index in [4.69, 9.17) is 44.0 Å². The molecule has 0 aromatic carbocycles. The number of thiazole rings is 2. The van der Waals surface area contributed by atoms with E-state index >= 15 is 0 Å². The smallest absolute Gasteiger partial charge is 0.485 e. The van der Waals surface area contributed by atoms with E-state index in [1.165, 1.54) is 47.5 Å². The van der Waals surface area contributed by atoms with E-state index < -0.39 is 87.5 Å². The van der Waals surface area contributed by atoms with Crippen molar-refractivity contribution in [3.63, 3.8) is 0 Å². The van der Waals surface area contributed by atoms with Crippen LogP contribution in [0.15, 0.2) is 67.1 Å². The van der Waals surface area contributed by atoms with Gasteiger partial charge in [0.15, 0.2) is 45.1 Å². The van der Waals surface area contributed by atoms with Crippen molar-refractivity contribution in [2.75, 3.05) is 77.7 Å². The van der Waals surface area contributed by atoms with Gasteiger partial charge >= 0.3 is 23.6 Å². The predicted octanol–water partition coefficient (Wildman–Crippen LogP) is -4.50. The number of carboxylic acid groups (broad SMARTS) is 3. The topological polar surface area (TPSA) is 407 Å². The van der Waals surface area contributed by atoms with E-state index in [0.717, 1.165) is 45.8 Å². The zero-order chi connectivity index (χ0) is 59.1. The zero-order valence-electron chi connectivity index (χ0n) is 40.8. The van der Waals surface area contributed by atoms with Crippen LogP contribution in [-0.2, 0) is 53.4 Å². The Morgan fingerprint density at radius 1 is 0.759 bits per heavy atom. The molecule has 6 unspecified atom stereocenters. The molecule has 0 bridgehead atoms. The number of nitrogens with two attached hydrogens (primary N) is 2. The SMILES string of the molecule is CON=C(C(=O)NC1C(=O)N2C(C(=O)O)=C(C[NH+]3C=CN(C)C3)SCC12)c1csc(N)n1.CON=C(C(=O)NC1C(=O)N2C(C(=O)O)=C(C[NH+]3C=CN(C)C3)SCC12)c1csc(N)n1.O=C([O-])C(F)(F)F.O=S(=O)([O-])C(F)(F)F. The Hall–Kier alpha value is -7.24. The number of halogens is 6. The van der Waals surface area contributed by atoms with Crippen LogP contribution in [0.3, 0.4) is 0 Å². The molecule has 0 radical (unpaired) electrons. The number of hydrogen-bond donors (Lipinski definition) is 8. The number of thioether (sulfide) groups is 2. The minimum atomic E-state index is -6.09. The van der Waals surface area contributed by atoms with Crippen molar-refractivity contribution < 1.29 is 108 Å². The fraction of sp³-hybridized carbons (Fsp3) is 0.410. The van der Waals surface area contributed by atoms with Gasteiger partial charge in [0.25, 0.3) is 23.6 Å². The maximum Gasteiger partial charge on any atom is 0.485 e. The van der Waals surface area contributed by atoms with Crippen LogP contribution in [0.5, 0.6) is 0 Å². The summed E-state index contributed by atoms with van der Waals surface area (Å²) in [6.07, 6.45) is 2.59. The Morgan fingerprint density at radius 3 is 1.34 bits per heavy atom. The number of anilines is 2. The summed E-state index contributed by atoms with van der Waals surface area (Å²) < 4.78 is 90.5. The van der Waals surface area contributed by atoms with Crippen LogP contribution in [-0.4, -0.2) is 208 Å². The summed E-state index contributed by atoms with van der Waals surface area (Å²) in [7, 11) is 0.364. The van der Waals surface area contributed by atoms with Gasteiger partial charge in [0.1, 0.15) is 80.5 Å². The van der Waals surface area contributed by atoms with Crippen LogP contribution in [0.4, 0.5) is 36.6 Å². The number of fused-ring (bicyclic) bond motifs is 2. The van der Waals surface area contributed by atoms with Gasteiger partial charge < -0.3 is 66.2 Å². The molecule has 2 aromatic rings. The average molecular weight is 1220 g/mol. The molecular formula is C39H44F6N14O15S5. The number of amides is 4. The minimum absolute atomic E-state index is 0.0183. The van der Waals surface area contributed by atoms with Gasteiger partial charge in [-0.2, -0.15) is 26.3 Å². The van der Waals surface area contributed by atoms with Crippen LogP contribution in [0.1, 0.15) is 11.4 Å². The van der Waals surface area contributed by atoms with E-state index in [1.54, 1.807) is 10.8 Å². The van der Waals surface area contributed by atoms with E-state index in [1.807, 2.05) is 48.7 Å². The molecular weight excluding hydrogens is 1180 g/mol. The summed E-state index contributed by atoms with van der Waals surface area (Å²) in [5, 5.41) is 44.7. The van der Waals surface area contributed by atoms with Gasteiger partial charge in [0.2, 0.25) is 0 Å². The predicted molar refractivity (Wildman–Crippen MR) is 262 cm³/mol. The lowest BCUT2D eigenvalue weighted by molar-refractivity contribution is -0.842. The molecule has 0 spiro atoms. The normalized spacial score (nSPS) is 22.7. The van der Waals surface area contributed by atoms with Gasteiger partial charge in [-0.15, -0.1) is 46.2 Å². The van der Waals surface area contributed by atoms with Gasteiger partial charge in [-0.05, 0) is 0 Å². The molecule has 10 N–H and O–H groups in total. The second kappa shape index (κ2) is 25.7. The Morgan fingerprint density at radius 2 is 1.10 bits per heavy atom. The number of carbonyl (C=O) groups excluding carboxylic acids is 5. The Bertz CT molecular complexity index is 2860. The highest BCUT2D eigenvalue weighted by atomic mass is 32.2. The monoisotopic (exact) mass is 1220 g/mol. The molecule has 8 rings (SSSR count). The molecule has 29 nitrogen and oxygen atoms in total. The van der Waals surface area contributed by atoms with Crippen molar-refractivity contribution in [2.45, 2.75) is 35.9 Å². The molecule has 79 heavy (non-hydrogen) atoms. The lowest BCUT2D eigenvalue weighted by Gasteiger charge is -2.49. The van der Waals surface area contributed by atoms with Crippen molar-refractivity contribution in [1.82, 2.24) is 40.2 Å². The quantitative estimate of drug-likeness (QED) is 0.0221. The van der Waals surface area contributed by atoms with Gasteiger partial charge in [-0.25, -0.2) is 28.0 Å². The number of carbonyl (C=O) groups is 7. The third-order valence-electron chi connectivity index (χ3n) is 10.9. The van der Waals surface area contributed by atoms with Gasteiger partial charge in [0, 0.05) is 36.4 Å². The number of quaternary nitrogens is 2. The first-order chi connectivity index (χ1) is 36.8. The minimum Gasteiger partial charge on any atom is -0.741 e. The van der Waals surface area contributed by atoms with E-state index in [9.17, 15) is 65.3 Å². The number of nitrogen functional groups attached to an aromatic ring is 2. The van der Waals surface area contributed by atoms with E-state index in [2.05, 4.69) is 30.9 Å². The highest BCUT2D eigenvalue weighted by Gasteiger charge is 2.56. The largest absolute Gasteiger partial charge is 0.741 e. The van der Waals surface area contributed by atoms with Crippen LogP contribution < -0.4 is 37.0 Å². The number of nitrogens with zero attached hydrogens (tertiary/aromatic N) is 8. The third-order valence-corrected chi connectivity index (χ3v) is 15.2. The lowest BCUT2D eigenvalue weighted by Crippen LogP contribution is -3.07. The number of oxime groups is 2. The van der Waals surface area contributed by atoms with E-state index in [0.29, 0.717) is 34.4 Å². The molecule has 6 aliphatic rings. The molecule has 2 fully saturated rings. The molecule has 2 saturated heterocycles. The summed E-state index contributed by atoms with van der Waals surface area (Å²) in [4.78, 5) is 112. The van der Waals surface area contributed by atoms with Gasteiger partial charge in [0.05, 0.1) is 34.3 Å². The maximum atomic E-state index is 12.9. The molecule has 0 aliphatic carbocycles. The lowest BCUT2D eigenvalue weighted by atomic mass is 9.94. The number of hydrogen-bond acceptors (Lipinski definition) is 25. The fourth-order valence-corrected chi connectivity index (χ4v) is 11.3. The maximum absolute atomic E-state index is 12.9. The van der Waals surface area contributed by atoms with E-state index in [-0.39, 0.29) is 44.5 Å². The number of alkyl halides is 6. The standard InChI is InChI=1S/2C18H21N7O5S2.C2HF3O2.CHF3O3S/c2*1-23-3-4-24(8-23)5-11-14(17(28)29)25-10(7-31-11)13(16(25)27)21-15(26)12(22-30-2)9-6-32-18(19)20-9;3-2(4,5)1(6)7;2-1(3,4)8(5,6)7/h2*3-4,6,10,13H,5,7-8H2,1-2H3,(H2,19,20)(H,21,26)(H,28,29);(H,6,7);(H,5,6,7). The summed E-state index contributed by atoms with van der Waals surface area (Å²) in [6.45, 7) is 2.37. The fourth-order valence-electron chi connectivity index (χ4n) is 7.55. The number of aromatic nitrogens is 2. The Labute approximate surface area is 457 Å². The first-order valence-corrected chi connectivity index (χ1v) is 26.8. The Kier molecular flexibility index (Phi) is 20.4. The van der Waals surface area contributed by atoms with Gasteiger partial charge in [-0.3, -0.25) is 38.8 Å². The highest BCUT2D eigenvalue weighted by Crippen LogP contribution is 2.40. The van der Waals surface area contributed by atoms with Crippen molar-refractivity contribution in [3.05, 3.63) is 68.2 Å². The molecule has 40 heteroatoms. The highest BCUT2D eigenvalue weighted by molar-refractivity contribution is 8.03. The Balaban J connectivity index is 0.000000231. The number of rotatable bonds is 14. The van der Waals surface area contributed by atoms with Crippen molar-refractivity contribution in [1.29, 1.82) is 0 Å². The number of carboxylic acids is 3. The number of nitrogens with one attached hydrogen (secondary N) is 4. The van der Waals surface area contributed by atoms with Crippen LogP contribution in [0.2, 0.25) is 0 Å². The average Bonchev–Trinajstić information content (AvgIpc) is 4.32. The second-order valence-electron chi connectivity index (χ2n) is 16.4. The summed E-state index contributed by atoms with van der Waals surface area (Å²) in [6, 6.07) is -2.67. The number of aliphatic carboxylic acids is 3. The summed E-state index contributed by atoms with van der Waals surface area (Å²) >= 11 is 5.08. The first kappa shape index (κ1) is 62.6. The molecule has 4 amide bonds. The molecule has 432 valence electrons. The van der Waals surface area contributed by atoms with Crippen LogP contribution >= 0.6 is 46.2 Å². The summed E-state index contributed by atoms with van der Waals surface area (Å²) in [5.74, 6) is -6.65. The molecule has 2 aromatic heterocycles. The van der Waals surface area contributed by atoms with Crippen molar-refractivity contribution in [2.24, 2.45) is 10.3 Å². The zero-order valence-corrected chi connectivity index (χ0v) is 44.8. The number of β-lactam (4-membered cyclic amide) rings is 2. The van der Waals surface area contributed by atoms with Crippen LogP contribution in [0.25, 0.3) is 0 Å². The molecule has 0 saturated carbocycles. The van der Waals surface area contributed by atoms with Gasteiger partial charge in [-0.1, -0.05) is 10.3 Å².